The second-order valence-corrected chi connectivity index (χ2v) is 1.32. The smallest absolute Gasteiger partial charge is 0.551 e. The Morgan fingerprint density at radius 1 is 0.538 bits per heavy atom. The molecule has 0 saturated heterocycles. The largest absolute Gasteiger partial charge is 2.00 e. The first-order valence-corrected chi connectivity index (χ1v) is 2.32. The first-order chi connectivity index (χ1) is 5.29. The summed E-state index contributed by atoms with van der Waals surface area (Å²) in [7, 11) is 0. The molecule has 8 nitrogen and oxygen atoms in total. The maximum Gasteiger partial charge on any atom is 2.00 e. The maximum absolute atomic E-state index is 9.27. The number of carbonyl (C=O) groups excluding carboxylic acids is 4. The van der Waals surface area contributed by atoms with Crippen LogP contribution in [0.2, 0.25) is 0 Å². The van der Waals surface area contributed by atoms with Gasteiger partial charge in [0.15, 0.2) is 0 Å². The van der Waals surface area contributed by atoms with Gasteiger partial charge < -0.3 is 20.4 Å². The molecule has 0 spiro atoms. The van der Waals surface area contributed by atoms with Gasteiger partial charge in [-0.1, -0.05) is 0 Å². The van der Waals surface area contributed by atoms with Crippen LogP contribution in [0.4, 0.5) is 0 Å². The van der Waals surface area contributed by atoms with Crippen molar-refractivity contribution in [1.82, 2.24) is 0 Å². The Bertz CT molecular complexity index is 172. The number of hydrogen-bond acceptors (Lipinski definition) is 4. The van der Waals surface area contributed by atoms with Crippen molar-refractivity contribution in [2.75, 3.05) is 0 Å². The fourth-order valence-electron chi connectivity index (χ4n) is 0. The molecule has 0 saturated carbocycles. The molecule has 0 aromatic heterocycles. The van der Waals surface area contributed by atoms with E-state index in [1.54, 1.807) is 0 Å². The molecule has 0 radical (unpaired) electrons. The van der Waals surface area contributed by atoms with E-state index in [0.29, 0.717) is 0 Å². The first-order valence-electron chi connectivity index (χ1n) is 2.32. The standard InChI is InChI=1S/2C2H2O4.Zn/c2*3-1(4)2(5)6;/h2*(H,3,4)(H,5,6);/q;;+2/p+4. The molecule has 13 heavy (non-hydrogen) atoms. The normalized spacial score (nSPS) is 6.77. The van der Waals surface area contributed by atoms with Crippen LogP contribution < -0.4 is 0 Å². The molecule has 68 valence electrons. The van der Waals surface area contributed by atoms with Gasteiger partial charge in [0.2, 0.25) is 0 Å². The Kier molecular flexibility index (Phi) is 11.6. The molecule has 8 N–H and O–H groups in total. The van der Waals surface area contributed by atoms with E-state index in [4.69, 9.17) is 20.4 Å². The van der Waals surface area contributed by atoms with Gasteiger partial charge >= 0.3 is 43.4 Å². The average molecular weight is 249 g/mol. The predicted octanol–water partition coefficient (Wildman–Crippen LogP) is -5.02. The molecule has 0 bridgehead atoms. The third kappa shape index (κ3) is 18.0. The van der Waals surface area contributed by atoms with Crippen molar-refractivity contribution in [3.05, 3.63) is 0 Å². The van der Waals surface area contributed by atoms with Gasteiger partial charge in [-0.3, -0.25) is 0 Å². The summed E-state index contributed by atoms with van der Waals surface area (Å²) in [6.07, 6.45) is 0. The van der Waals surface area contributed by atoms with Gasteiger partial charge in [-0.15, -0.1) is 0 Å². The van der Waals surface area contributed by atoms with Crippen LogP contribution >= 0.6 is 0 Å². The van der Waals surface area contributed by atoms with Crippen molar-refractivity contribution >= 4 is 23.9 Å². The van der Waals surface area contributed by atoms with Crippen LogP contribution in [0, 0.1) is 0 Å². The zero-order chi connectivity index (χ0) is 10.3. The van der Waals surface area contributed by atoms with E-state index >= 15 is 0 Å². The summed E-state index contributed by atoms with van der Waals surface area (Å²) in [5.41, 5.74) is 0. The van der Waals surface area contributed by atoms with Gasteiger partial charge in [-0.2, -0.15) is 0 Å². The minimum Gasteiger partial charge on any atom is -0.551 e. The Morgan fingerprint density at radius 2 is 0.615 bits per heavy atom. The van der Waals surface area contributed by atoms with E-state index < -0.39 is 23.9 Å². The predicted molar refractivity (Wildman–Crippen MR) is 34.5 cm³/mol. The first kappa shape index (κ1) is 17.6. The summed E-state index contributed by atoms with van der Waals surface area (Å²) in [4.78, 5) is 37.1. The molecule has 0 atom stereocenters. The zero-order valence-corrected chi connectivity index (χ0v) is 9.31. The third-order valence-electron chi connectivity index (χ3n) is 0.412. The van der Waals surface area contributed by atoms with Gasteiger partial charge in [0.05, 0.1) is 19.2 Å². The number of hydrogen-bond donors (Lipinski definition) is 0. The molecular weight excluding hydrogens is 241 g/mol. The van der Waals surface area contributed by atoms with Crippen LogP contribution in [0.3, 0.4) is 0 Å². The molecule has 0 heterocycles. The zero-order valence-electron chi connectivity index (χ0n) is 6.34. The molecule has 0 aromatic rings. The maximum atomic E-state index is 9.27. The van der Waals surface area contributed by atoms with Crippen LogP contribution in [0.15, 0.2) is 0 Å². The van der Waals surface area contributed by atoms with Gasteiger partial charge in [-0.05, 0) is 0 Å². The molecule has 0 amide bonds. The fraction of sp³-hybridized carbons (Fsp3) is 0. The molecule has 0 unspecified atom stereocenters. The van der Waals surface area contributed by atoms with Gasteiger partial charge in [0.1, 0.15) is 0 Å². The molecule has 0 aliphatic carbocycles. The van der Waals surface area contributed by atoms with Gasteiger partial charge in [0.25, 0.3) is 0 Å². The molecular formula is C4H8O8Zn+6. The second-order valence-electron chi connectivity index (χ2n) is 1.32. The molecule has 0 aromatic carbocycles. The summed E-state index contributed by atoms with van der Waals surface area (Å²) in [5.74, 6) is -5.85. The Labute approximate surface area is 83.5 Å². The van der Waals surface area contributed by atoms with E-state index in [0.717, 1.165) is 0 Å². The van der Waals surface area contributed by atoms with E-state index in [1.807, 2.05) is 0 Å². The van der Waals surface area contributed by atoms with Crippen molar-refractivity contribution in [2.24, 2.45) is 0 Å². The Hall–Kier alpha value is -1.50. The van der Waals surface area contributed by atoms with E-state index in [-0.39, 0.29) is 19.5 Å². The molecule has 0 aliphatic rings. The summed E-state index contributed by atoms with van der Waals surface area (Å²) >= 11 is 0. The molecule has 0 rings (SSSR count). The molecule has 0 aliphatic heterocycles. The van der Waals surface area contributed by atoms with Crippen molar-refractivity contribution in [3.8, 4) is 0 Å². The SMILES string of the molecule is O=C([OH2+])C(=O)[OH2+].O=C([OH2+])C(=O)[OH2+].[Zn+2]. The second kappa shape index (κ2) is 8.60. The summed E-state index contributed by atoms with van der Waals surface area (Å²) < 4.78 is 0. The minimum atomic E-state index is -1.46. The average Bonchev–Trinajstić information content (AvgIpc) is 1.88. The summed E-state index contributed by atoms with van der Waals surface area (Å²) in [6, 6.07) is 0. The molecule has 0 fully saturated rings. The van der Waals surface area contributed by atoms with E-state index in [9.17, 15) is 19.2 Å². The topological polar surface area (TPSA) is 160 Å². The van der Waals surface area contributed by atoms with Gasteiger partial charge in [-0.25, -0.2) is 0 Å². The number of carbonyl (C=O) groups is 4. The van der Waals surface area contributed by atoms with Crippen molar-refractivity contribution in [1.29, 1.82) is 0 Å². The van der Waals surface area contributed by atoms with Crippen LogP contribution in [-0.4, -0.2) is 44.3 Å². The fourth-order valence-corrected chi connectivity index (χ4v) is 0. The van der Waals surface area contributed by atoms with Crippen LogP contribution in [0.5, 0.6) is 0 Å². The van der Waals surface area contributed by atoms with Crippen LogP contribution in [0.25, 0.3) is 0 Å². The van der Waals surface area contributed by atoms with Crippen molar-refractivity contribution in [3.63, 3.8) is 0 Å². The summed E-state index contributed by atoms with van der Waals surface area (Å²) in [6.45, 7) is 0. The summed E-state index contributed by atoms with van der Waals surface area (Å²) in [5, 5.41) is 23.4. The van der Waals surface area contributed by atoms with Crippen LogP contribution in [0.1, 0.15) is 0 Å². The quantitative estimate of drug-likeness (QED) is 0.239. The number of rotatable bonds is 0. The Balaban J connectivity index is -0.000000143. The van der Waals surface area contributed by atoms with E-state index in [1.165, 1.54) is 0 Å². The monoisotopic (exact) mass is 248 g/mol. The minimum absolute atomic E-state index is 0. The van der Waals surface area contributed by atoms with Crippen LogP contribution in [-0.2, 0) is 38.7 Å². The van der Waals surface area contributed by atoms with Gasteiger partial charge in [0, 0.05) is 0 Å². The van der Waals surface area contributed by atoms with Crippen molar-refractivity contribution in [2.45, 2.75) is 0 Å². The third-order valence-corrected chi connectivity index (χ3v) is 0.412. The molecule has 9 heteroatoms. The van der Waals surface area contributed by atoms with Crippen molar-refractivity contribution < 1.29 is 59.1 Å². The van der Waals surface area contributed by atoms with E-state index in [2.05, 4.69) is 0 Å². The Morgan fingerprint density at radius 3 is 0.615 bits per heavy atom.